The molecule has 0 N–H and O–H groups in total. The molecule has 1 aliphatic heterocycles. The number of ether oxygens (including phenoxy) is 2. The predicted molar refractivity (Wildman–Crippen MR) is 133 cm³/mol. The Morgan fingerprint density at radius 1 is 0.939 bits per heavy atom. The third-order valence-corrected chi connectivity index (χ3v) is 6.43. The summed E-state index contributed by atoms with van der Waals surface area (Å²) in [6.45, 7) is 16.3. The predicted octanol–water partition coefficient (Wildman–Crippen LogP) is 6.09. The van der Waals surface area contributed by atoms with Gasteiger partial charge in [-0.2, -0.15) is 0 Å². The highest BCUT2D eigenvalue weighted by molar-refractivity contribution is 5.70. The van der Waals surface area contributed by atoms with Crippen LogP contribution in [0.15, 0.2) is 60.7 Å². The molecule has 0 spiro atoms. The molecule has 1 heterocycles. The van der Waals surface area contributed by atoms with Gasteiger partial charge in [0, 0.05) is 19.1 Å². The van der Waals surface area contributed by atoms with Crippen LogP contribution in [0.1, 0.15) is 59.6 Å². The molecule has 5 nitrogen and oxygen atoms in total. The summed E-state index contributed by atoms with van der Waals surface area (Å²) in [7, 11) is 0. The summed E-state index contributed by atoms with van der Waals surface area (Å²) in [5.41, 5.74) is 1.38. The first-order chi connectivity index (χ1) is 15.5. The molecule has 1 amide bonds. The smallest absolute Gasteiger partial charge is 0.412 e. The summed E-state index contributed by atoms with van der Waals surface area (Å²) in [6, 6.07) is 21.0. The third kappa shape index (κ3) is 6.15. The Bertz CT molecular complexity index is 838. The fourth-order valence-electron chi connectivity index (χ4n) is 5.12. The molecule has 0 bridgehead atoms. The Morgan fingerprint density at radius 3 is 1.82 bits per heavy atom. The van der Waals surface area contributed by atoms with Gasteiger partial charge < -0.3 is 9.47 Å². The first kappa shape index (κ1) is 25.3. The lowest BCUT2D eigenvalue weighted by Gasteiger charge is -2.41. The number of rotatable bonds is 8. The van der Waals surface area contributed by atoms with Crippen LogP contribution in [-0.4, -0.2) is 45.9 Å². The molecule has 0 aromatic heterocycles. The number of nitrogens with zero attached hydrogens (tertiary/aromatic N) is 2. The molecule has 3 rings (SSSR count). The second-order valence-corrected chi connectivity index (χ2v) is 10.6. The van der Waals surface area contributed by atoms with Crippen LogP contribution in [0.3, 0.4) is 0 Å². The Balaban J connectivity index is 1.84. The fourth-order valence-corrected chi connectivity index (χ4v) is 5.12. The van der Waals surface area contributed by atoms with E-state index in [1.807, 2.05) is 46.8 Å². The van der Waals surface area contributed by atoms with E-state index in [1.165, 1.54) is 11.1 Å². The van der Waals surface area contributed by atoms with E-state index in [2.05, 4.69) is 67.3 Å². The largest absolute Gasteiger partial charge is 0.445 e. The Kier molecular flexibility index (Phi) is 7.86. The minimum Gasteiger partial charge on any atom is -0.445 e. The highest BCUT2D eigenvalue weighted by atomic mass is 16.6. The monoisotopic (exact) mass is 452 g/mol. The van der Waals surface area contributed by atoms with E-state index in [4.69, 9.17) is 9.47 Å². The summed E-state index contributed by atoms with van der Waals surface area (Å²) in [5.74, 6) is 0.288. The van der Waals surface area contributed by atoms with Gasteiger partial charge in [-0.15, -0.1) is 0 Å². The zero-order chi connectivity index (χ0) is 24.2. The summed E-state index contributed by atoms with van der Waals surface area (Å²) in [6.07, 6.45) is -0.614. The Morgan fingerprint density at radius 2 is 1.42 bits per heavy atom. The maximum Gasteiger partial charge on any atom is 0.412 e. The van der Waals surface area contributed by atoms with Crippen LogP contribution in [-0.2, 0) is 22.6 Å². The summed E-state index contributed by atoms with van der Waals surface area (Å²) in [5, 5.41) is 0. The van der Waals surface area contributed by atoms with Crippen molar-refractivity contribution >= 4 is 6.09 Å². The molecule has 2 atom stereocenters. The third-order valence-electron chi connectivity index (χ3n) is 6.43. The number of amides is 1. The van der Waals surface area contributed by atoms with Crippen molar-refractivity contribution in [3.05, 3.63) is 71.8 Å². The van der Waals surface area contributed by atoms with Gasteiger partial charge in [0.15, 0.2) is 0 Å². The molecule has 1 aliphatic rings. The zero-order valence-corrected chi connectivity index (χ0v) is 21.2. The normalized spacial score (nSPS) is 19.0. The number of carbonyl (C=O) groups excluding carboxylic acids is 1. The van der Waals surface area contributed by atoms with Crippen molar-refractivity contribution in [2.75, 3.05) is 6.61 Å². The molecule has 1 fully saturated rings. The summed E-state index contributed by atoms with van der Waals surface area (Å²) in [4.78, 5) is 17.5. The Labute approximate surface area is 199 Å². The summed E-state index contributed by atoms with van der Waals surface area (Å²) >= 11 is 0. The van der Waals surface area contributed by atoms with Crippen LogP contribution in [0.4, 0.5) is 4.79 Å². The molecular weight excluding hydrogens is 412 g/mol. The van der Waals surface area contributed by atoms with Gasteiger partial charge in [0.25, 0.3) is 0 Å². The molecule has 0 unspecified atom stereocenters. The van der Waals surface area contributed by atoms with E-state index in [1.54, 1.807) is 4.90 Å². The van der Waals surface area contributed by atoms with Gasteiger partial charge in [-0.3, -0.25) is 9.80 Å². The minimum absolute atomic E-state index is 0.0455. The van der Waals surface area contributed by atoms with Crippen molar-refractivity contribution < 1.29 is 14.3 Å². The van der Waals surface area contributed by atoms with E-state index in [-0.39, 0.29) is 24.2 Å². The van der Waals surface area contributed by atoms with Gasteiger partial charge in [0.2, 0.25) is 0 Å². The van der Waals surface area contributed by atoms with Crippen LogP contribution in [0.25, 0.3) is 0 Å². The quantitative estimate of drug-likeness (QED) is 0.486. The lowest BCUT2D eigenvalue weighted by atomic mass is 9.96. The van der Waals surface area contributed by atoms with Crippen molar-refractivity contribution in [1.29, 1.82) is 0 Å². The molecule has 0 aliphatic carbocycles. The minimum atomic E-state index is -0.693. The Hall–Kier alpha value is -2.37. The topological polar surface area (TPSA) is 42.0 Å². The van der Waals surface area contributed by atoms with Gasteiger partial charge >= 0.3 is 6.09 Å². The number of benzene rings is 2. The maximum atomic E-state index is 13.4. The zero-order valence-electron chi connectivity index (χ0n) is 21.2. The van der Waals surface area contributed by atoms with Crippen LogP contribution in [0.5, 0.6) is 0 Å². The molecule has 2 aromatic carbocycles. The molecule has 0 saturated carbocycles. The second kappa shape index (κ2) is 10.3. The van der Waals surface area contributed by atoms with Crippen LogP contribution >= 0.6 is 0 Å². The van der Waals surface area contributed by atoms with E-state index in [0.717, 1.165) is 13.1 Å². The average Bonchev–Trinajstić information content (AvgIpc) is 2.96. The van der Waals surface area contributed by atoms with Crippen molar-refractivity contribution in [2.45, 2.75) is 85.0 Å². The lowest BCUT2D eigenvalue weighted by molar-refractivity contribution is -0.0683. The fraction of sp³-hybridized carbons (Fsp3) is 0.536. The highest BCUT2D eigenvalue weighted by Gasteiger charge is 2.50. The highest BCUT2D eigenvalue weighted by Crippen LogP contribution is 2.35. The first-order valence-electron chi connectivity index (χ1n) is 12.0. The lowest BCUT2D eigenvalue weighted by Crippen LogP contribution is -2.55. The number of carbonyl (C=O) groups is 1. The molecular formula is C28H40N2O3. The molecule has 180 valence electrons. The van der Waals surface area contributed by atoms with Gasteiger partial charge in [-0.05, 0) is 51.7 Å². The van der Waals surface area contributed by atoms with E-state index < -0.39 is 11.3 Å². The molecule has 33 heavy (non-hydrogen) atoms. The maximum absolute atomic E-state index is 13.4. The van der Waals surface area contributed by atoms with Gasteiger partial charge in [0.05, 0.1) is 12.1 Å². The molecule has 1 saturated heterocycles. The van der Waals surface area contributed by atoms with Crippen LogP contribution in [0, 0.1) is 5.92 Å². The van der Waals surface area contributed by atoms with Crippen molar-refractivity contribution in [3.63, 3.8) is 0 Å². The van der Waals surface area contributed by atoms with Gasteiger partial charge in [0.1, 0.15) is 11.8 Å². The number of hydrogen-bond acceptors (Lipinski definition) is 4. The molecule has 5 heteroatoms. The van der Waals surface area contributed by atoms with E-state index in [0.29, 0.717) is 6.61 Å². The van der Waals surface area contributed by atoms with E-state index in [9.17, 15) is 4.79 Å². The SMILES string of the molecule is CC(C)[C@@H]([C@H](C)OC(=O)N1C(C)(C)COC1(C)C)N(Cc1ccccc1)Cc1ccccc1. The van der Waals surface area contributed by atoms with E-state index >= 15 is 0 Å². The standard InChI is InChI=1S/C28H40N2O3/c1-21(2)25(22(3)33-26(31)30-27(4,5)20-32-28(30,6)7)29(18-23-14-10-8-11-15-23)19-24-16-12-9-13-17-24/h8-17,21-22,25H,18-20H2,1-7H3/t22-,25-/m0/s1. The van der Waals surface area contributed by atoms with Gasteiger partial charge in [-0.1, -0.05) is 74.5 Å². The summed E-state index contributed by atoms with van der Waals surface area (Å²) < 4.78 is 12.0. The molecule has 2 aromatic rings. The van der Waals surface area contributed by atoms with Crippen LogP contribution < -0.4 is 0 Å². The van der Waals surface area contributed by atoms with Gasteiger partial charge in [-0.25, -0.2) is 4.79 Å². The first-order valence-corrected chi connectivity index (χ1v) is 12.0. The second-order valence-electron chi connectivity index (χ2n) is 10.6. The average molecular weight is 453 g/mol. The van der Waals surface area contributed by atoms with Crippen molar-refractivity contribution in [1.82, 2.24) is 9.80 Å². The van der Waals surface area contributed by atoms with Crippen molar-refractivity contribution in [3.8, 4) is 0 Å². The van der Waals surface area contributed by atoms with Crippen LogP contribution in [0.2, 0.25) is 0 Å². The van der Waals surface area contributed by atoms with Crippen molar-refractivity contribution in [2.24, 2.45) is 5.92 Å². The number of hydrogen-bond donors (Lipinski definition) is 0. The molecule has 0 radical (unpaired) electrons.